The van der Waals surface area contributed by atoms with Gasteiger partial charge in [0.15, 0.2) is 17.5 Å². The van der Waals surface area contributed by atoms with Crippen LogP contribution in [0, 0.1) is 20.8 Å². The van der Waals surface area contributed by atoms with E-state index in [9.17, 15) is 5.48 Å². The van der Waals surface area contributed by atoms with Gasteiger partial charge in [0.05, 0.1) is 47.5 Å². The summed E-state index contributed by atoms with van der Waals surface area (Å²) in [5, 5.41) is 1.89. The van der Waals surface area contributed by atoms with Crippen molar-refractivity contribution in [2.75, 3.05) is 0 Å². The van der Waals surface area contributed by atoms with Gasteiger partial charge < -0.3 is 4.74 Å². The molecule has 0 spiro atoms. The zero-order valence-electron chi connectivity index (χ0n) is 51.5. The van der Waals surface area contributed by atoms with Gasteiger partial charge in [-0.25, -0.2) is 19.9 Å². The summed E-state index contributed by atoms with van der Waals surface area (Å²) in [5.74, 6) is 2.87. The van der Waals surface area contributed by atoms with Crippen molar-refractivity contribution in [3.63, 3.8) is 0 Å². The summed E-state index contributed by atoms with van der Waals surface area (Å²) in [4.78, 5) is 20.3. The Morgan fingerprint density at radius 3 is 1.77 bits per heavy atom. The predicted molar refractivity (Wildman–Crippen MR) is 299 cm³/mol. The summed E-state index contributed by atoms with van der Waals surface area (Å²) in [6.07, 6.45) is 5.22. The van der Waals surface area contributed by atoms with Crippen LogP contribution in [-0.2, 0) is 5.41 Å². The number of para-hydroxylation sites is 1. The first-order chi connectivity index (χ1) is 40.2. The molecule has 0 bridgehead atoms. The van der Waals surface area contributed by atoms with Crippen molar-refractivity contribution in [3.05, 3.63) is 235 Å². The largest absolute Gasteiger partial charge is 0.501 e. The highest BCUT2D eigenvalue weighted by molar-refractivity contribution is 6.11. The Morgan fingerprint density at radius 2 is 1.14 bits per heavy atom. The Morgan fingerprint density at radius 1 is 0.541 bits per heavy atom. The number of rotatable bonds is 10. The van der Waals surface area contributed by atoms with Crippen molar-refractivity contribution in [1.29, 1.82) is 0 Å². The van der Waals surface area contributed by atoms with E-state index in [4.69, 9.17) is 32.9 Å². The predicted octanol–water partition coefficient (Wildman–Crippen LogP) is 16.4. The molecule has 0 fully saturated rings. The first-order valence-electron chi connectivity index (χ1n) is 29.2. The number of ether oxygens (including phenoxy) is 1. The van der Waals surface area contributed by atoms with Gasteiger partial charge in [-0.2, -0.15) is 0 Å². The third kappa shape index (κ3) is 8.37. The van der Waals surface area contributed by atoms with Crippen LogP contribution in [0.5, 0.6) is 11.5 Å². The molecule has 74 heavy (non-hydrogen) atoms. The van der Waals surface area contributed by atoms with Crippen LogP contribution in [0.3, 0.4) is 0 Å². The summed E-state index contributed by atoms with van der Waals surface area (Å²) in [6, 6.07) is 41.4. The van der Waals surface area contributed by atoms with E-state index >= 15 is 0 Å². The molecule has 12 rings (SSSR count). The van der Waals surface area contributed by atoms with Crippen LogP contribution in [0.25, 0.3) is 84.0 Å². The molecule has 8 aromatic carbocycles. The molecule has 356 valence electrons. The zero-order valence-corrected chi connectivity index (χ0v) is 41.5. The lowest BCUT2D eigenvalue weighted by Gasteiger charge is -2.20. The van der Waals surface area contributed by atoms with Crippen LogP contribution in [-0.4, -0.2) is 39.7 Å². The minimum atomic E-state index is -0.574. The van der Waals surface area contributed by atoms with Gasteiger partial charge in [-0.3, -0.25) is 4.57 Å². The van der Waals surface area contributed by atoms with Gasteiger partial charge >= 0.3 is 6.01 Å². The molecule has 8 nitrogen and oxygen atoms in total. The minimum Gasteiger partial charge on any atom is -0.456 e. The molecule has 11 aromatic rings. The van der Waals surface area contributed by atoms with Crippen molar-refractivity contribution in [2.24, 2.45) is 0 Å². The van der Waals surface area contributed by atoms with Crippen LogP contribution in [0.4, 0.5) is 11.4 Å². The first-order valence-corrected chi connectivity index (χ1v) is 24.2. The maximum Gasteiger partial charge on any atom is 0.501 e. The second-order valence-corrected chi connectivity index (χ2v) is 19.1. The summed E-state index contributed by atoms with van der Waals surface area (Å²) >= 11 is 0. The van der Waals surface area contributed by atoms with Gasteiger partial charge in [0.25, 0.3) is 12.4 Å². The van der Waals surface area contributed by atoms with Crippen molar-refractivity contribution < 1.29 is 27.6 Å². The van der Waals surface area contributed by atoms with Gasteiger partial charge in [0, 0.05) is 40.2 Å². The van der Waals surface area contributed by atoms with E-state index in [1.54, 1.807) is 42.3 Å². The minimum absolute atomic E-state index is 0.122. The lowest BCUT2D eigenvalue weighted by atomic mass is 9.85. The van der Waals surface area contributed by atoms with Crippen molar-refractivity contribution in [3.8, 4) is 73.7 Å². The Balaban J connectivity index is 1.09. The van der Waals surface area contributed by atoms with Gasteiger partial charge in [0.2, 0.25) is 11.4 Å². The molecule has 0 radical (unpaired) electrons. The number of benzene rings is 8. The Kier molecular flexibility index (Phi) is 9.01. The molecule has 0 saturated heterocycles. The number of nitrogens with zero attached hydrogens (tertiary/aromatic N) is 7. The molecule has 0 saturated carbocycles. The fraction of sp³-hybridized carbons (Fsp3) is 0.106. The van der Waals surface area contributed by atoms with Crippen LogP contribution in [0.15, 0.2) is 212 Å². The summed E-state index contributed by atoms with van der Waals surface area (Å²) < 4.78 is 101. The second-order valence-electron chi connectivity index (χ2n) is 19.1. The Hall–Kier alpha value is -9.36. The van der Waals surface area contributed by atoms with E-state index < -0.39 is 60.4 Å². The maximum atomic E-state index is 9.21. The van der Waals surface area contributed by atoms with E-state index in [2.05, 4.69) is 55.6 Å². The molecular formula is C66H53N7O+2. The number of hydrogen-bond acceptors (Lipinski definition) is 5. The molecule has 0 aliphatic carbocycles. The van der Waals surface area contributed by atoms with Crippen LogP contribution in [0.1, 0.15) is 56.7 Å². The quantitative estimate of drug-likeness (QED) is 0.128. The third-order valence-electron chi connectivity index (χ3n) is 13.5. The molecule has 1 aliphatic rings. The van der Waals surface area contributed by atoms with Gasteiger partial charge in [-0.1, -0.05) is 175 Å². The van der Waals surface area contributed by atoms with E-state index in [0.29, 0.717) is 56.9 Å². The smallest absolute Gasteiger partial charge is 0.456 e. The monoisotopic (exact) mass is 969 g/mol. The Bertz CT molecular complexity index is 4490. The highest BCUT2D eigenvalue weighted by Gasteiger charge is 2.32. The van der Waals surface area contributed by atoms with Crippen LogP contribution in [0.2, 0.25) is 0 Å². The standard InChI is InChI=1S/C66H53N7O/c1-43-44(2)60(46-22-11-7-12-23-46)62(61(45(43)3)47-24-13-8-14-25-47)72-37-36-71(42-72)51-30-21-31-52(39-51)74-58-41-57-54(53-32-19-20-33-56(53)73(57)59-38-50(34-35-67-59)66(4,5)6)40-55(58)65-69-63(48-26-15-9-16-27-48)68-64(70-65)49-28-17-10-18-29-49/h7-41H,1-6H3/q+2/i7D,8D,11D,12D,13D,14D,22D,23D,24D,25D. The van der Waals surface area contributed by atoms with Gasteiger partial charge in [-0.05, 0) is 89.9 Å². The number of hydrogen-bond donors (Lipinski definition) is 0. The summed E-state index contributed by atoms with van der Waals surface area (Å²) in [7, 11) is 0. The van der Waals surface area contributed by atoms with E-state index in [1.807, 2.05) is 115 Å². The third-order valence-corrected chi connectivity index (χ3v) is 13.5. The second kappa shape index (κ2) is 18.7. The molecular weight excluding hydrogens is 907 g/mol. The number of fused-ring (bicyclic) bond motifs is 3. The maximum absolute atomic E-state index is 9.21. The van der Waals surface area contributed by atoms with Gasteiger partial charge in [0.1, 0.15) is 17.3 Å². The fourth-order valence-electron chi connectivity index (χ4n) is 9.59. The number of pyridine rings is 1. The first kappa shape index (κ1) is 35.7. The molecule has 1 aliphatic heterocycles. The highest BCUT2D eigenvalue weighted by atomic mass is 16.5. The highest BCUT2D eigenvalue weighted by Crippen LogP contribution is 2.46. The van der Waals surface area contributed by atoms with Crippen LogP contribution < -0.4 is 4.74 Å². The molecule has 0 unspecified atom stereocenters. The fourth-order valence-corrected chi connectivity index (χ4v) is 9.59. The Labute approximate surface area is 445 Å². The zero-order chi connectivity index (χ0) is 59.2. The average molecular weight is 970 g/mol. The van der Waals surface area contributed by atoms with E-state index in [1.165, 1.54) is 0 Å². The molecule has 0 atom stereocenters. The molecule has 4 heterocycles. The molecule has 3 aromatic heterocycles. The lowest BCUT2D eigenvalue weighted by molar-refractivity contribution is -0.386. The lowest BCUT2D eigenvalue weighted by Crippen LogP contribution is -2.12. The SMILES string of the molecule is [2H]c1c([2H])c([2H])c(-c2c(C)c(C)c(C)c(-c3c([2H])c([2H])c([2H])c([2H])c3[2H])c2[N+]2=C=[N+](c3cccc(Oc4cc5c(cc4-c4nc(-c6ccccc6)nc(-c6ccccc6)n4)c4ccccc4n5-c4cc(C(C)(C)C)ccn4)c3)C=C2)c([2H])c1[2H]. The van der Waals surface area contributed by atoms with Crippen molar-refractivity contribution >= 4 is 39.2 Å². The van der Waals surface area contributed by atoms with E-state index in [0.717, 1.165) is 44.3 Å². The van der Waals surface area contributed by atoms with E-state index in [-0.39, 0.29) is 33.4 Å². The normalized spacial score (nSPS) is 14.2. The van der Waals surface area contributed by atoms with Crippen LogP contribution >= 0.6 is 0 Å². The average Bonchev–Trinajstić information content (AvgIpc) is 1.39. The topological polar surface area (TPSA) is 71.7 Å². The summed E-state index contributed by atoms with van der Waals surface area (Å²) in [5.41, 5.74) is 7.54. The number of aromatic nitrogens is 5. The van der Waals surface area contributed by atoms with Crippen molar-refractivity contribution in [1.82, 2.24) is 24.5 Å². The summed E-state index contributed by atoms with van der Waals surface area (Å²) in [6.45, 7) is 11.9. The van der Waals surface area contributed by atoms with Gasteiger partial charge in [-0.15, -0.1) is 0 Å². The molecule has 0 amide bonds. The molecule has 8 heteroatoms. The molecule has 0 N–H and O–H groups in total. The van der Waals surface area contributed by atoms with Crippen molar-refractivity contribution in [2.45, 2.75) is 47.0 Å².